The van der Waals surface area contributed by atoms with Crippen LogP contribution in [0.3, 0.4) is 0 Å². The van der Waals surface area contributed by atoms with Crippen LogP contribution in [0.2, 0.25) is 5.02 Å². The van der Waals surface area contributed by atoms with E-state index in [1.54, 1.807) is 42.5 Å². The van der Waals surface area contributed by atoms with E-state index in [1.165, 1.54) is 0 Å². The van der Waals surface area contributed by atoms with Crippen molar-refractivity contribution >= 4 is 33.2 Å². The lowest BCUT2D eigenvalue weighted by Gasteiger charge is -2.16. The molecule has 0 spiro atoms. The van der Waals surface area contributed by atoms with Gasteiger partial charge < -0.3 is 5.32 Å². The van der Waals surface area contributed by atoms with Crippen LogP contribution in [0.15, 0.2) is 48.5 Å². The Labute approximate surface area is 140 Å². The molecule has 2 aromatic rings. The molecule has 2 rings (SSSR count). The number of sulfonamides is 1. The van der Waals surface area contributed by atoms with Crippen LogP contribution in [-0.4, -0.2) is 20.6 Å². The summed E-state index contributed by atoms with van der Waals surface area (Å²) in [5.41, 5.74) is 1.71. The van der Waals surface area contributed by atoms with Crippen LogP contribution in [0, 0.1) is 0 Å². The van der Waals surface area contributed by atoms with Gasteiger partial charge in [-0.1, -0.05) is 29.8 Å². The van der Waals surface area contributed by atoms with Gasteiger partial charge in [0.05, 0.1) is 12.3 Å². The molecule has 0 radical (unpaired) electrons. The second-order valence-corrected chi connectivity index (χ2v) is 7.39. The average Bonchev–Trinajstić information content (AvgIpc) is 2.45. The summed E-state index contributed by atoms with van der Waals surface area (Å²) in [7, 11) is -3.34. The fraction of sp³-hybridized carbons (Fsp3) is 0.188. The first-order chi connectivity index (χ1) is 10.7. The first kappa shape index (κ1) is 17.3. The van der Waals surface area contributed by atoms with E-state index in [9.17, 15) is 13.2 Å². The van der Waals surface area contributed by atoms with Gasteiger partial charge in [0.2, 0.25) is 10.0 Å². The summed E-state index contributed by atoms with van der Waals surface area (Å²) < 4.78 is 25.0. The molecule has 0 aliphatic heterocycles. The summed E-state index contributed by atoms with van der Waals surface area (Å²) in [5, 5.41) is 3.35. The van der Waals surface area contributed by atoms with Crippen molar-refractivity contribution in [3.63, 3.8) is 0 Å². The standard InChI is InChI=1S/C16H17ClN2O3S/c1-11(18-16(20)13-6-3-7-14(17)9-13)12-5-4-8-15(10-12)19-23(2,21)22/h3-11,19H,1-2H3,(H,18,20)/t11-/m1/s1. The van der Waals surface area contributed by atoms with E-state index < -0.39 is 10.0 Å². The normalized spacial score (nSPS) is 12.5. The van der Waals surface area contributed by atoms with E-state index in [0.717, 1.165) is 11.8 Å². The Balaban J connectivity index is 2.13. The molecule has 0 saturated carbocycles. The topological polar surface area (TPSA) is 75.3 Å². The molecule has 2 N–H and O–H groups in total. The zero-order valence-corrected chi connectivity index (χ0v) is 14.3. The molecule has 7 heteroatoms. The Morgan fingerprint density at radius 1 is 1.13 bits per heavy atom. The highest BCUT2D eigenvalue weighted by Gasteiger charge is 2.12. The maximum atomic E-state index is 12.2. The molecule has 0 saturated heterocycles. The molecule has 5 nitrogen and oxygen atoms in total. The maximum absolute atomic E-state index is 12.2. The van der Waals surface area contributed by atoms with Gasteiger partial charge in [-0.2, -0.15) is 0 Å². The molecule has 0 aliphatic carbocycles. The van der Waals surface area contributed by atoms with Gasteiger partial charge in [-0.25, -0.2) is 8.42 Å². The van der Waals surface area contributed by atoms with Gasteiger partial charge in [0.1, 0.15) is 0 Å². The summed E-state index contributed by atoms with van der Waals surface area (Å²) >= 11 is 5.88. The van der Waals surface area contributed by atoms with E-state index in [-0.39, 0.29) is 11.9 Å². The summed E-state index contributed by atoms with van der Waals surface area (Å²) in [6.07, 6.45) is 1.09. The van der Waals surface area contributed by atoms with Crippen molar-refractivity contribution in [1.29, 1.82) is 0 Å². The first-order valence-electron chi connectivity index (χ1n) is 6.89. The Morgan fingerprint density at radius 2 is 1.83 bits per heavy atom. The number of halogens is 1. The van der Waals surface area contributed by atoms with Crippen LogP contribution in [0.5, 0.6) is 0 Å². The van der Waals surface area contributed by atoms with Gasteiger partial charge >= 0.3 is 0 Å². The number of benzene rings is 2. The second-order valence-electron chi connectivity index (χ2n) is 5.21. The molecule has 1 atom stereocenters. The molecule has 0 unspecified atom stereocenters. The van der Waals surface area contributed by atoms with Crippen molar-refractivity contribution in [2.45, 2.75) is 13.0 Å². The molecule has 0 fully saturated rings. The van der Waals surface area contributed by atoms with E-state index >= 15 is 0 Å². The smallest absolute Gasteiger partial charge is 0.251 e. The largest absolute Gasteiger partial charge is 0.346 e. The molecule has 23 heavy (non-hydrogen) atoms. The van der Waals surface area contributed by atoms with Gasteiger partial charge in [0.15, 0.2) is 0 Å². The number of nitrogens with one attached hydrogen (secondary N) is 2. The monoisotopic (exact) mass is 352 g/mol. The van der Waals surface area contributed by atoms with Crippen molar-refractivity contribution in [2.75, 3.05) is 11.0 Å². The van der Waals surface area contributed by atoms with E-state index in [4.69, 9.17) is 11.6 Å². The zero-order valence-electron chi connectivity index (χ0n) is 12.7. The van der Waals surface area contributed by atoms with Crippen LogP contribution in [0.1, 0.15) is 28.9 Å². The number of hydrogen-bond acceptors (Lipinski definition) is 3. The third-order valence-corrected chi connectivity index (χ3v) is 3.97. The highest BCUT2D eigenvalue weighted by atomic mass is 35.5. The average molecular weight is 353 g/mol. The summed E-state index contributed by atoms with van der Waals surface area (Å²) in [6, 6.07) is 13.3. The summed E-state index contributed by atoms with van der Waals surface area (Å²) in [4.78, 5) is 12.2. The molecule has 0 heterocycles. The van der Waals surface area contributed by atoms with Crippen LogP contribution < -0.4 is 10.0 Å². The lowest BCUT2D eigenvalue weighted by molar-refractivity contribution is 0.0940. The highest BCUT2D eigenvalue weighted by molar-refractivity contribution is 7.92. The van der Waals surface area contributed by atoms with Crippen LogP contribution in [-0.2, 0) is 10.0 Å². The van der Waals surface area contributed by atoms with Gasteiger partial charge in [0.25, 0.3) is 5.91 Å². The lowest BCUT2D eigenvalue weighted by atomic mass is 10.1. The first-order valence-corrected chi connectivity index (χ1v) is 9.16. The second kappa shape index (κ2) is 7.02. The Bertz CT molecular complexity index is 822. The molecular formula is C16H17ClN2O3S. The minimum Gasteiger partial charge on any atom is -0.346 e. The predicted octanol–water partition coefficient (Wildman–Crippen LogP) is 3.20. The minimum absolute atomic E-state index is 0.249. The van der Waals surface area contributed by atoms with Gasteiger partial charge in [-0.05, 0) is 42.8 Å². The van der Waals surface area contributed by atoms with Crippen molar-refractivity contribution in [2.24, 2.45) is 0 Å². The highest BCUT2D eigenvalue weighted by Crippen LogP contribution is 2.19. The minimum atomic E-state index is -3.34. The number of rotatable bonds is 5. The Kier molecular flexibility index (Phi) is 5.28. The van der Waals surface area contributed by atoms with Gasteiger partial charge in [-0.3, -0.25) is 9.52 Å². The van der Waals surface area contributed by atoms with Crippen molar-refractivity contribution in [3.8, 4) is 0 Å². The molecule has 0 aromatic heterocycles. The van der Waals surface area contributed by atoms with Crippen molar-refractivity contribution < 1.29 is 13.2 Å². The van der Waals surface area contributed by atoms with Crippen LogP contribution in [0.25, 0.3) is 0 Å². The van der Waals surface area contributed by atoms with E-state index in [1.807, 2.05) is 13.0 Å². The maximum Gasteiger partial charge on any atom is 0.251 e. The summed E-state index contributed by atoms with van der Waals surface area (Å²) in [6.45, 7) is 1.82. The third-order valence-electron chi connectivity index (χ3n) is 3.12. The zero-order chi connectivity index (χ0) is 17.0. The van der Waals surface area contributed by atoms with E-state index in [0.29, 0.717) is 16.3 Å². The van der Waals surface area contributed by atoms with Crippen molar-refractivity contribution in [1.82, 2.24) is 5.32 Å². The van der Waals surface area contributed by atoms with Crippen LogP contribution >= 0.6 is 11.6 Å². The fourth-order valence-electron chi connectivity index (χ4n) is 2.08. The predicted molar refractivity (Wildman–Crippen MR) is 92.2 cm³/mol. The Hall–Kier alpha value is -2.05. The third kappa shape index (κ3) is 5.26. The van der Waals surface area contributed by atoms with Gasteiger partial charge in [0, 0.05) is 16.3 Å². The SMILES string of the molecule is C[C@@H](NC(=O)c1cccc(Cl)c1)c1cccc(NS(C)(=O)=O)c1. The fourth-order valence-corrected chi connectivity index (χ4v) is 2.82. The molecule has 0 aliphatic rings. The molecular weight excluding hydrogens is 336 g/mol. The number of amides is 1. The van der Waals surface area contributed by atoms with Crippen LogP contribution in [0.4, 0.5) is 5.69 Å². The number of carbonyl (C=O) groups excluding carboxylic acids is 1. The van der Waals surface area contributed by atoms with Crippen molar-refractivity contribution in [3.05, 3.63) is 64.7 Å². The molecule has 122 valence electrons. The number of hydrogen-bond donors (Lipinski definition) is 2. The molecule has 1 amide bonds. The quantitative estimate of drug-likeness (QED) is 0.867. The number of carbonyl (C=O) groups is 1. The van der Waals surface area contributed by atoms with E-state index in [2.05, 4.69) is 10.0 Å². The Morgan fingerprint density at radius 3 is 2.48 bits per heavy atom. The molecule has 0 bridgehead atoms. The number of anilines is 1. The molecule has 2 aromatic carbocycles. The lowest BCUT2D eigenvalue weighted by Crippen LogP contribution is -2.26. The summed E-state index contributed by atoms with van der Waals surface area (Å²) in [5.74, 6) is -0.249. The van der Waals surface area contributed by atoms with Gasteiger partial charge in [-0.15, -0.1) is 0 Å².